The Bertz CT molecular complexity index is 1870. The predicted octanol–water partition coefficient (Wildman–Crippen LogP) is 1.58. The molecule has 0 spiro atoms. The third-order valence-corrected chi connectivity index (χ3v) is 8.61. The fourth-order valence-corrected chi connectivity index (χ4v) is 6.02. The normalized spacial score (nSPS) is 19.8. The van der Waals surface area contributed by atoms with Crippen LogP contribution in [0.15, 0.2) is 84.1 Å². The summed E-state index contributed by atoms with van der Waals surface area (Å²) in [6.45, 7) is 3.44. The molecule has 2 fully saturated rings. The molecule has 3 atom stereocenters. The second-order valence-corrected chi connectivity index (χ2v) is 11.4. The predicted molar refractivity (Wildman–Crippen MR) is 166 cm³/mol. The molecule has 13 nitrogen and oxygen atoms in total. The van der Waals surface area contributed by atoms with E-state index in [1.807, 2.05) is 42.5 Å². The van der Waals surface area contributed by atoms with Crippen LogP contribution in [0, 0.1) is 0 Å². The quantitative estimate of drug-likeness (QED) is 0.214. The number of carbonyl (C=O) groups is 7. The van der Waals surface area contributed by atoms with Crippen molar-refractivity contribution in [3.05, 3.63) is 95.2 Å². The zero-order chi connectivity index (χ0) is 33.4. The number of ether oxygens (including phenoxy) is 1. The minimum Gasteiger partial charge on any atom is -0.456 e. The van der Waals surface area contributed by atoms with Crippen molar-refractivity contribution in [3.8, 4) is 0 Å². The number of amides is 6. The van der Waals surface area contributed by atoms with Gasteiger partial charge in [-0.15, -0.1) is 0 Å². The summed E-state index contributed by atoms with van der Waals surface area (Å²) < 4.78 is 5.49. The highest BCUT2D eigenvalue weighted by Crippen LogP contribution is 2.37. The van der Waals surface area contributed by atoms with E-state index in [9.17, 15) is 33.6 Å². The molecular weight excluding hydrogens is 606 g/mol. The Hall–Kier alpha value is -5.85. The number of esters is 1. The van der Waals surface area contributed by atoms with Crippen LogP contribution in [-0.2, 0) is 40.1 Å². The van der Waals surface area contributed by atoms with Crippen LogP contribution in [0.4, 0.5) is 4.79 Å². The number of nitrogens with one attached hydrogen (secondary N) is 2. The zero-order valence-corrected chi connectivity index (χ0v) is 25.6. The lowest BCUT2D eigenvalue weighted by Crippen LogP contribution is -2.71. The summed E-state index contributed by atoms with van der Waals surface area (Å²) in [5, 5.41) is 7.03. The van der Waals surface area contributed by atoms with Crippen molar-refractivity contribution in [1.82, 2.24) is 25.3 Å². The van der Waals surface area contributed by atoms with E-state index in [0.29, 0.717) is 12.1 Å². The summed E-state index contributed by atoms with van der Waals surface area (Å²) in [4.78, 5) is 94.4. The second kappa shape index (κ2) is 12.5. The number of hydrogen-bond donors (Lipinski definition) is 2. The number of carbonyl (C=O) groups excluding carboxylic acids is 7. The molecule has 0 aromatic heterocycles. The highest BCUT2D eigenvalue weighted by molar-refractivity contribution is 6.38. The van der Waals surface area contributed by atoms with Crippen LogP contribution in [0.5, 0.6) is 0 Å². The highest BCUT2D eigenvalue weighted by Gasteiger charge is 2.60. The Morgan fingerprint density at radius 2 is 1.60 bits per heavy atom. The molecular formula is C34H31N5O8. The van der Waals surface area contributed by atoms with Crippen LogP contribution in [0.2, 0.25) is 0 Å². The van der Waals surface area contributed by atoms with Gasteiger partial charge >= 0.3 is 23.8 Å². The van der Waals surface area contributed by atoms with Gasteiger partial charge in [0.2, 0.25) is 5.91 Å². The number of fused-ring (bicyclic) bond motifs is 2. The molecule has 6 rings (SSSR count). The van der Waals surface area contributed by atoms with Gasteiger partial charge in [-0.05, 0) is 41.8 Å². The lowest BCUT2D eigenvalue weighted by Gasteiger charge is -2.42. The monoisotopic (exact) mass is 637 g/mol. The molecule has 3 aromatic carbocycles. The number of benzene rings is 3. The average Bonchev–Trinajstić information content (AvgIpc) is 3.32. The number of rotatable bonds is 8. The SMILES string of the molecule is CCN1CCN(C(=O)NC(C(=O)NC2C(=O)N3C(C(=O)OCc4ccc5ccccc5c4)=C(C)C(=O)[C@H]23)c2ccccc2)C(=O)C1=O. The van der Waals surface area contributed by atoms with Crippen LogP contribution in [0.3, 0.4) is 0 Å². The van der Waals surface area contributed by atoms with Gasteiger partial charge in [0.1, 0.15) is 30.4 Å². The largest absolute Gasteiger partial charge is 0.456 e. The summed E-state index contributed by atoms with van der Waals surface area (Å²) in [6, 6.07) is 16.6. The van der Waals surface area contributed by atoms with Crippen molar-refractivity contribution in [3.63, 3.8) is 0 Å². The summed E-state index contributed by atoms with van der Waals surface area (Å²) >= 11 is 0. The van der Waals surface area contributed by atoms with E-state index in [1.165, 1.54) is 11.8 Å². The van der Waals surface area contributed by atoms with E-state index in [1.54, 1.807) is 37.3 Å². The standard InChI is InChI=1S/C34H31N5O8/c1-3-37-15-16-38(32(44)31(37)43)34(46)36-24(22-10-5-4-6-11-22)29(41)35-25-27-28(40)19(2)26(39(27)30(25)42)33(45)47-18-20-13-14-21-9-7-8-12-23(21)17-20/h4-14,17,24-25,27H,3,15-16,18H2,1-2H3,(H,35,41)(H,36,46)/t24?,25?,27-/m0/s1. The number of imide groups is 1. The Kier molecular flexibility index (Phi) is 8.29. The van der Waals surface area contributed by atoms with E-state index >= 15 is 0 Å². The number of hydrogen-bond acceptors (Lipinski definition) is 8. The van der Waals surface area contributed by atoms with E-state index in [4.69, 9.17) is 4.74 Å². The maximum atomic E-state index is 13.6. The fraction of sp³-hybridized carbons (Fsp3) is 0.265. The third kappa shape index (κ3) is 5.60. The van der Waals surface area contributed by atoms with E-state index in [2.05, 4.69) is 10.6 Å². The lowest BCUT2D eigenvalue weighted by atomic mass is 9.92. The van der Waals surface area contributed by atoms with Crippen LogP contribution < -0.4 is 10.6 Å². The maximum absolute atomic E-state index is 13.6. The molecule has 3 aliphatic heterocycles. The smallest absolute Gasteiger partial charge is 0.355 e. The number of piperazine rings is 1. The van der Waals surface area contributed by atoms with E-state index < -0.39 is 59.5 Å². The first-order valence-electron chi connectivity index (χ1n) is 15.1. The fourth-order valence-electron chi connectivity index (χ4n) is 6.02. The van der Waals surface area contributed by atoms with Crippen LogP contribution in [0.1, 0.15) is 31.0 Å². The molecule has 6 amide bonds. The molecule has 13 heteroatoms. The number of likely N-dealkylation sites (N-methyl/N-ethyl adjacent to an activating group) is 1. The summed E-state index contributed by atoms with van der Waals surface area (Å²) in [5.74, 6) is -4.74. The summed E-state index contributed by atoms with van der Waals surface area (Å²) in [5.41, 5.74) is 0.908. The molecule has 0 saturated carbocycles. The van der Waals surface area contributed by atoms with Gasteiger partial charge in [0.25, 0.3) is 5.91 Å². The highest BCUT2D eigenvalue weighted by atomic mass is 16.5. The number of ketones is 1. The molecule has 0 aliphatic carbocycles. The Morgan fingerprint density at radius 1 is 0.894 bits per heavy atom. The van der Waals surface area contributed by atoms with Gasteiger partial charge < -0.3 is 20.3 Å². The number of β-lactam (4-membered cyclic amide) rings is 1. The number of Topliss-reactive ketones (excluding diaryl/α,β-unsaturated/α-hetero) is 1. The Morgan fingerprint density at radius 3 is 2.32 bits per heavy atom. The first-order chi connectivity index (χ1) is 22.6. The van der Waals surface area contributed by atoms with Crippen molar-refractivity contribution in [1.29, 1.82) is 0 Å². The van der Waals surface area contributed by atoms with Crippen molar-refractivity contribution in [2.24, 2.45) is 0 Å². The van der Waals surface area contributed by atoms with Crippen molar-refractivity contribution in [2.45, 2.75) is 38.6 Å². The van der Waals surface area contributed by atoms with Gasteiger partial charge in [0.05, 0.1) is 0 Å². The van der Waals surface area contributed by atoms with Gasteiger partial charge in [-0.1, -0.05) is 66.7 Å². The third-order valence-electron chi connectivity index (χ3n) is 8.61. The van der Waals surface area contributed by atoms with Crippen LogP contribution in [0.25, 0.3) is 10.8 Å². The molecule has 2 saturated heterocycles. The molecule has 3 aromatic rings. The van der Waals surface area contributed by atoms with Crippen molar-refractivity contribution < 1.29 is 38.3 Å². The molecule has 3 heterocycles. The molecule has 240 valence electrons. The molecule has 0 bridgehead atoms. The van der Waals surface area contributed by atoms with E-state index in [-0.39, 0.29) is 31.0 Å². The minimum absolute atomic E-state index is 0.0333. The summed E-state index contributed by atoms with van der Waals surface area (Å²) in [7, 11) is 0. The average molecular weight is 638 g/mol. The first-order valence-corrected chi connectivity index (χ1v) is 15.1. The van der Waals surface area contributed by atoms with E-state index in [0.717, 1.165) is 26.1 Å². The lowest BCUT2D eigenvalue weighted by molar-refractivity contribution is -0.157. The van der Waals surface area contributed by atoms with Gasteiger partial charge in [0.15, 0.2) is 5.78 Å². The topological polar surface area (TPSA) is 162 Å². The first kappa shape index (κ1) is 31.1. The maximum Gasteiger partial charge on any atom is 0.355 e. The minimum atomic E-state index is -1.38. The van der Waals surface area contributed by atoms with Gasteiger partial charge in [0, 0.05) is 25.2 Å². The van der Waals surface area contributed by atoms with Crippen LogP contribution >= 0.6 is 0 Å². The van der Waals surface area contributed by atoms with Crippen LogP contribution in [-0.4, -0.2) is 87.8 Å². The van der Waals surface area contributed by atoms with Gasteiger partial charge in [-0.2, -0.15) is 0 Å². The number of urea groups is 1. The molecule has 2 unspecified atom stereocenters. The Labute approximate surface area is 269 Å². The molecule has 0 radical (unpaired) electrons. The van der Waals surface area contributed by atoms with Crippen molar-refractivity contribution >= 4 is 52.2 Å². The second-order valence-electron chi connectivity index (χ2n) is 11.4. The molecule has 47 heavy (non-hydrogen) atoms. The molecule has 2 N–H and O–H groups in total. The Balaban J connectivity index is 1.14. The van der Waals surface area contributed by atoms with Gasteiger partial charge in [-0.3, -0.25) is 33.8 Å². The number of nitrogens with zero attached hydrogens (tertiary/aromatic N) is 3. The van der Waals surface area contributed by atoms with Gasteiger partial charge in [-0.25, -0.2) is 9.59 Å². The van der Waals surface area contributed by atoms with Crippen molar-refractivity contribution in [2.75, 3.05) is 19.6 Å². The summed E-state index contributed by atoms with van der Waals surface area (Å²) in [6.07, 6.45) is 0. The zero-order valence-electron chi connectivity index (χ0n) is 25.6. The molecule has 3 aliphatic rings.